The van der Waals surface area contributed by atoms with E-state index in [-0.39, 0.29) is 5.41 Å². The highest BCUT2D eigenvalue weighted by Crippen LogP contribution is 2.63. The number of carbonyl (C=O) groups excluding carboxylic acids is 1. The van der Waals surface area contributed by atoms with Gasteiger partial charge in [0.05, 0.1) is 10.0 Å². The van der Waals surface area contributed by atoms with Crippen LogP contribution in [0.3, 0.4) is 0 Å². The van der Waals surface area contributed by atoms with Crippen LogP contribution < -0.4 is 0 Å². The maximum atomic E-state index is 11.4. The van der Waals surface area contributed by atoms with Crippen LogP contribution in [0.5, 0.6) is 0 Å². The van der Waals surface area contributed by atoms with Crippen LogP contribution in [-0.4, -0.2) is 5.78 Å². The Labute approximate surface area is 98.4 Å². The Kier molecular flexibility index (Phi) is 1.93. The van der Waals surface area contributed by atoms with Crippen LogP contribution in [0.2, 0.25) is 10.0 Å². The molecule has 0 spiro atoms. The average molecular weight is 241 g/mol. The van der Waals surface area contributed by atoms with Gasteiger partial charge in [-0.05, 0) is 30.0 Å². The standard InChI is InChI=1S/C12H10Cl2O/c13-10-2-1-7(4-11(10)14)12-5-8(12)3-9(15)6-12/h1-2,4,8H,3,5-6H2/t8-,12-/m0/s1. The molecule has 0 amide bonds. The van der Waals surface area contributed by atoms with Crippen molar-refractivity contribution in [1.29, 1.82) is 0 Å². The van der Waals surface area contributed by atoms with Gasteiger partial charge in [-0.25, -0.2) is 0 Å². The molecule has 3 rings (SSSR count). The molecule has 0 aromatic heterocycles. The number of hydrogen-bond acceptors (Lipinski definition) is 1. The van der Waals surface area contributed by atoms with Gasteiger partial charge >= 0.3 is 0 Å². The molecule has 78 valence electrons. The Morgan fingerprint density at radius 3 is 2.67 bits per heavy atom. The first-order chi connectivity index (χ1) is 7.12. The summed E-state index contributed by atoms with van der Waals surface area (Å²) in [6, 6.07) is 5.75. The number of fused-ring (bicyclic) bond motifs is 1. The third-order valence-electron chi connectivity index (χ3n) is 3.71. The van der Waals surface area contributed by atoms with Gasteiger partial charge in [0, 0.05) is 18.3 Å². The van der Waals surface area contributed by atoms with E-state index in [1.54, 1.807) is 0 Å². The van der Waals surface area contributed by atoms with Crippen molar-refractivity contribution in [3.05, 3.63) is 33.8 Å². The van der Waals surface area contributed by atoms with Crippen LogP contribution in [0, 0.1) is 5.92 Å². The molecule has 0 aliphatic heterocycles. The minimum absolute atomic E-state index is 0.116. The third kappa shape index (κ3) is 1.33. The average Bonchev–Trinajstić information content (AvgIpc) is 2.75. The summed E-state index contributed by atoms with van der Waals surface area (Å²) < 4.78 is 0. The molecule has 2 atom stereocenters. The molecule has 0 heterocycles. The van der Waals surface area contributed by atoms with Crippen molar-refractivity contribution in [2.45, 2.75) is 24.7 Å². The maximum Gasteiger partial charge on any atom is 0.134 e. The lowest BCUT2D eigenvalue weighted by molar-refractivity contribution is -0.118. The monoisotopic (exact) mass is 240 g/mol. The number of ketones is 1. The van der Waals surface area contributed by atoms with Gasteiger partial charge in [-0.15, -0.1) is 0 Å². The zero-order chi connectivity index (χ0) is 10.6. The molecular weight excluding hydrogens is 231 g/mol. The summed E-state index contributed by atoms with van der Waals surface area (Å²) in [4.78, 5) is 11.4. The van der Waals surface area contributed by atoms with Crippen molar-refractivity contribution < 1.29 is 4.79 Å². The van der Waals surface area contributed by atoms with Gasteiger partial charge in [-0.2, -0.15) is 0 Å². The van der Waals surface area contributed by atoms with E-state index in [1.807, 2.05) is 18.2 Å². The first-order valence-corrected chi connectivity index (χ1v) is 5.85. The molecule has 2 aliphatic rings. The molecular formula is C12H10Cl2O. The molecule has 15 heavy (non-hydrogen) atoms. The molecule has 0 bridgehead atoms. The number of benzene rings is 1. The van der Waals surface area contributed by atoms with Crippen LogP contribution in [0.15, 0.2) is 18.2 Å². The highest BCUT2D eigenvalue weighted by molar-refractivity contribution is 6.42. The van der Waals surface area contributed by atoms with E-state index in [4.69, 9.17) is 23.2 Å². The van der Waals surface area contributed by atoms with E-state index < -0.39 is 0 Å². The molecule has 2 saturated carbocycles. The Hall–Kier alpha value is -0.530. The third-order valence-corrected chi connectivity index (χ3v) is 4.45. The zero-order valence-corrected chi connectivity index (χ0v) is 9.61. The van der Waals surface area contributed by atoms with E-state index in [0.29, 0.717) is 28.2 Å². The lowest BCUT2D eigenvalue weighted by Gasteiger charge is -2.12. The summed E-state index contributed by atoms with van der Waals surface area (Å²) in [7, 11) is 0. The van der Waals surface area contributed by atoms with Crippen molar-refractivity contribution in [3.8, 4) is 0 Å². The van der Waals surface area contributed by atoms with Crippen LogP contribution >= 0.6 is 23.2 Å². The first kappa shape index (κ1) is 9.68. The lowest BCUT2D eigenvalue weighted by Crippen LogP contribution is -2.07. The maximum absolute atomic E-state index is 11.4. The van der Waals surface area contributed by atoms with Gasteiger partial charge in [0.2, 0.25) is 0 Å². The van der Waals surface area contributed by atoms with E-state index in [2.05, 4.69) is 0 Å². The normalized spacial score (nSPS) is 32.9. The molecule has 0 radical (unpaired) electrons. The Balaban J connectivity index is 2.01. The predicted octanol–water partition coefficient (Wildman–Crippen LogP) is 3.61. The van der Waals surface area contributed by atoms with Gasteiger partial charge in [-0.3, -0.25) is 4.79 Å². The molecule has 1 aromatic carbocycles. The first-order valence-electron chi connectivity index (χ1n) is 5.09. The second kappa shape index (κ2) is 2.99. The predicted molar refractivity (Wildman–Crippen MR) is 60.5 cm³/mol. The highest BCUT2D eigenvalue weighted by Gasteiger charge is 2.60. The lowest BCUT2D eigenvalue weighted by atomic mass is 9.93. The summed E-state index contributed by atoms with van der Waals surface area (Å²) in [6.45, 7) is 0. The van der Waals surface area contributed by atoms with Crippen molar-refractivity contribution in [1.82, 2.24) is 0 Å². The van der Waals surface area contributed by atoms with Gasteiger partial charge in [-0.1, -0.05) is 29.3 Å². The van der Waals surface area contributed by atoms with Gasteiger partial charge < -0.3 is 0 Å². The summed E-state index contributed by atoms with van der Waals surface area (Å²) in [5.41, 5.74) is 1.30. The van der Waals surface area contributed by atoms with Crippen molar-refractivity contribution in [2.75, 3.05) is 0 Å². The second-order valence-electron chi connectivity index (χ2n) is 4.61. The van der Waals surface area contributed by atoms with Crippen LogP contribution in [0.25, 0.3) is 0 Å². The molecule has 0 N–H and O–H groups in total. The van der Waals surface area contributed by atoms with E-state index in [9.17, 15) is 4.79 Å². The number of hydrogen-bond donors (Lipinski definition) is 0. The molecule has 0 saturated heterocycles. The highest BCUT2D eigenvalue weighted by atomic mass is 35.5. The van der Waals surface area contributed by atoms with Crippen LogP contribution in [0.1, 0.15) is 24.8 Å². The number of carbonyl (C=O) groups is 1. The van der Waals surface area contributed by atoms with E-state index >= 15 is 0 Å². The fraction of sp³-hybridized carbons (Fsp3) is 0.417. The number of halogens is 2. The van der Waals surface area contributed by atoms with E-state index in [0.717, 1.165) is 12.8 Å². The number of rotatable bonds is 1. The van der Waals surface area contributed by atoms with E-state index in [1.165, 1.54) is 5.56 Å². The molecule has 3 heteroatoms. The number of Topliss-reactive ketones (excluding diaryl/α,β-unsaturated/α-hetero) is 1. The topological polar surface area (TPSA) is 17.1 Å². The summed E-state index contributed by atoms with van der Waals surface area (Å²) >= 11 is 11.9. The van der Waals surface area contributed by atoms with Gasteiger partial charge in [0.15, 0.2) is 0 Å². The Bertz CT molecular complexity index is 455. The van der Waals surface area contributed by atoms with Gasteiger partial charge in [0.1, 0.15) is 5.78 Å². The fourth-order valence-electron chi connectivity index (χ4n) is 2.83. The quantitative estimate of drug-likeness (QED) is 0.733. The smallest absolute Gasteiger partial charge is 0.134 e. The molecule has 1 nitrogen and oxygen atoms in total. The summed E-state index contributed by atoms with van der Waals surface area (Å²) in [6.07, 6.45) is 2.58. The molecule has 2 aliphatic carbocycles. The van der Waals surface area contributed by atoms with Gasteiger partial charge in [0.25, 0.3) is 0 Å². The SMILES string of the molecule is O=C1C[C@H]2C[C@@]2(c2ccc(Cl)c(Cl)c2)C1. The molecule has 2 fully saturated rings. The second-order valence-corrected chi connectivity index (χ2v) is 5.42. The van der Waals surface area contributed by atoms with Crippen LogP contribution in [0.4, 0.5) is 0 Å². The van der Waals surface area contributed by atoms with Crippen molar-refractivity contribution >= 4 is 29.0 Å². The Morgan fingerprint density at radius 1 is 1.27 bits per heavy atom. The summed E-state index contributed by atoms with van der Waals surface area (Å²) in [5, 5.41) is 1.17. The summed E-state index contributed by atoms with van der Waals surface area (Å²) in [5.74, 6) is 0.944. The molecule has 0 unspecified atom stereocenters. The zero-order valence-electron chi connectivity index (χ0n) is 8.09. The minimum Gasteiger partial charge on any atom is -0.300 e. The van der Waals surface area contributed by atoms with Crippen molar-refractivity contribution in [2.24, 2.45) is 5.92 Å². The molecule has 1 aromatic rings. The largest absolute Gasteiger partial charge is 0.300 e. The fourth-order valence-corrected chi connectivity index (χ4v) is 3.12. The minimum atomic E-state index is 0.116. The Morgan fingerprint density at radius 2 is 2.07 bits per heavy atom. The van der Waals surface area contributed by atoms with Crippen LogP contribution in [-0.2, 0) is 10.2 Å². The van der Waals surface area contributed by atoms with Crippen molar-refractivity contribution in [3.63, 3.8) is 0 Å².